The molecule has 0 spiro atoms. The van der Waals surface area contributed by atoms with Crippen LogP contribution in [-0.4, -0.2) is 57.0 Å². The van der Waals surface area contributed by atoms with Gasteiger partial charge in [0, 0.05) is 17.7 Å². The summed E-state index contributed by atoms with van der Waals surface area (Å²) >= 11 is 1.60. The quantitative estimate of drug-likeness (QED) is 0.437. The van der Waals surface area contributed by atoms with Gasteiger partial charge in [0.15, 0.2) is 0 Å². The largest absolute Gasteiger partial charge is 0.458 e. The molecule has 3 rings (SSSR count). The molecular formula is C28H43NO6S. The molecule has 0 saturated carbocycles. The van der Waals surface area contributed by atoms with Crippen molar-refractivity contribution in [1.29, 1.82) is 0 Å². The highest BCUT2D eigenvalue weighted by Crippen LogP contribution is 2.45. The van der Waals surface area contributed by atoms with E-state index in [4.69, 9.17) is 9.47 Å². The molecule has 0 radical (unpaired) electrons. The number of hydrogen-bond donors (Lipinski definition) is 2. The Morgan fingerprint density at radius 1 is 1.25 bits per heavy atom. The maximum atomic E-state index is 13.2. The second-order valence-electron chi connectivity index (χ2n) is 11.5. The van der Waals surface area contributed by atoms with Gasteiger partial charge >= 0.3 is 5.97 Å². The lowest BCUT2D eigenvalue weighted by atomic mass is 9.73. The van der Waals surface area contributed by atoms with E-state index < -0.39 is 35.6 Å². The lowest BCUT2D eigenvalue weighted by molar-refractivity contribution is -0.154. The predicted molar refractivity (Wildman–Crippen MR) is 141 cm³/mol. The van der Waals surface area contributed by atoms with Crippen LogP contribution in [0.25, 0.3) is 6.08 Å². The van der Waals surface area contributed by atoms with Gasteiger partial charge < -0.3 is 19.7 Å². The molecule has 2 fully saturated rings. The van der Waals surface area contributed by atoms with Crippen LogP contribution in [0.2, 0.25) is 0 Å². The minimum atomic E-state index is -1.23. The van der Waals surface area contributed by atoms with E-state index in [2.05, 4.69) is 18.8 Å². The van der Waals surface area contributed by atoms with Gasteiger partial charge in [-0.15, -0.1) is 11.3 Å². The number of carbonyl (C=O) groups excluding carboxylic acids is 2. The van der Waals surface area contributed by atoms with Crippen LogP contribution in [0.5, 0.6) is 0 Å². The molecule has 36 heavy (non-hydrogen) atoms. The molecule has 7 nitrogen and oxygen atoms in total. The molecule has 0 aromatic carbocycles. The molecule has 7 atom stereocenters. The zero-order valence-corrected chi connectivity index (χ0v) is 23.6. The number of ether oxygens (including phenoxy) is 2. The van der Waals surface area contributed by atoms with E-state index >= 15 is 0 Å². The molecule has 1 aromatic rings. The second kappa shape index (κ2) is 11.4. The first-order valence-electron chi connectivity index (χ1n) is 13.2. The maximum absolute atomic E-state index is 13.2. The van der Waals surface area contributed by atoms with Crippen LogP contribution in [0, 0.1) is 17.3 Å². The lowest BCUT2D eigenvalue weighted by Crippen LogP contribution is -2.45. The summed E-state index contributed by atoms with van der Waals surface area (Å²) in [6, 6.07) is 0. The number of aliphatic hydroxyl groups excluding tert-OH is 2. The maximum Gasteiger partial charge on any atom is 0.309 e. The highest BCUT2D eigenvalue weighted by Gasteiger charge is 2.53. The van der Waals surface area contributed by atoms with Gasteiger partial charge in [-0.25, -0.2) is 4.98 Å². The number of hydrogen-bond acceptors (Lipinski definition) is 8. The summed E-state index contributed by atoms with van der Waals surface area (Å²) in [5, 5.41) is 24.8. The number of aliphatic hydroxyl groups is 2. The van der Waals surface area contributed by atoms with Crippen molar-refractivity contribution in [2.45, 2.75) is 117 Å². The van der Waals surface area contributed by atoms with Gasteiger partial charge in [0.2, 0.25) is 0 Å². The fourth-order valence-corrected chi connectivity index (χ4v) is 5.88. The Kier molecular flexibility index (Phi) is 9.18. The minimum absolute atomic E-state index is 0.0460. The third-order valence-corrected chi connectivity index (χ3v) is 9.17. The fraction of sp³-hybridized carbons (Fsp3) is 0.750. The molecule has 2 N–H and O–H groups in total. The Hall–Kier alpha value is -1.61. The van der Waals surface area contributed by atoms with Crippen molar-refractivity contribution >= 4 is 29.2 Å². The number of epoxide rings is 1. The highest BCUT2D eigenvalue weighted by molar-refractivity contribution is 7.09. The fourth-order valence-electron chi connectivity index (χ4n) is 5.17. The van der Waals surface area contributed by atoms with Crippen molar-refractivity contribution in [2.24, 2.45) is 17.3 Å². The van der Waals surface area contributed by atoms with Crippen molar-refractivity contribution in [3.63, 3.8) is 0 Å². The molecule has 1 aromatic heterocycles. The SMILES string of the molecule is CCc1nc(C=C(C)C2CC3OC3(C)CCCC(C)C(O)C(C)C(=O)C(C)(C)C(O)CC(=O)O2)cs1. The van der Waals surface area contributed by atoms with Gasteiger partial charge in [0.1, 0.15) is 11.9 Å². The van der Waals surface area contributed by atoms with Crippen molar-refractivity contribution in [2.75, 3.05) is 0 Å². The molecule has 0 amide bonds. The number of Topliss-reactive ketones (excluding diaryl/α,β-unsaturated/α-hetero) is 1. The van der Waals surface area contributed by atoms with Crippen LogP contribution in [-0.2, 0) is 25.5 Å². The smallest absolute Gasteiger partial charge is 0.309 e. The summed E-state index contributed by atoms with van der Waals surface area (Å²) in [4.78, 5) is 30.8. The van der Waals surface area contributed by atoms with Gasteiger partial charge in [-0.05, 0) is 50.7 Å². The number of ketones is 1. The lowest BCUT2D eigenvalue weighted by Gasteiger charge is -2.34. The van der Waals surface area contributed by atoms with Gasteiger partial charge in [0.05, 0.1) is 46.5 Å². The topological polar surface area (TPSA) is 109 Å². The summed E-state index contributed by atoms with van der Waals surface area (Å²) in [5.41, 5.74) is 0.202. The Balaban J connectivity index is 1.85. The number of thiazole rings is 1. The standard InChI is InChI=1S/C28H43NO6S/c1-8-23-29-19(15-36-23)12-17(3)20-13-22-28(7,35-22)11-9-10-16(2)25(32)18(4)26(33)27(5,6)21(30)14-24(31)34-20/h12,15-16,18,20-22,25,30,32H,8-11,13-14H2,1-7H3. The summed E-state index contributed by atoms with van der Waals surface area (Å²) < 4.78 is 12.0. The molecule has 2 aliphatic heterocycles. The van der Waals surface area contributed by atoms with Gasteiger partial charge in [0.25, 0.3) is 0 Å². The van der Waals surface area contributed by atoms with Crippen molar-refractivity contribution < 1.29 is 29.3 Å². The Morgan fingerprint density at radius 3 is 2.58 bits per heavy atom. The minimum Gasteiger partial charge on any atom is -0.458 e. The summed E-state index contributed by atoms with van der Waals surface area (Å²) in [5.74, 6) is -1.54. The molecule has 7 unspecified atom stereocenters. The van der Waals surface area contributed by atoms with Crippen LogP contribution in [0.3, 0.4) is 0 Å². The average Bonchev–Trinajstić information content (AvgIpc) is 3.23. The monoisotopic (exact) mass is 521 g/mol. The first kappa shape index (κ1) is 29.0. The number of carbonyl (C=O) groups is 2. The highest BCUT2D eigenvalue weighted by atomic mass is 32.1. The van der Waals surface area contributed by atoms with E-state index in [1.54, 1.807) is 32.1 Å². The van der Waals surface area contributed by atoms with E-state index in [1.165, 1.54) is 0 Å². The van der Waals surface area contributed by atoms with Gasteiger partial charge in [-0.2, -0.15) is 0 Å². The van der Waals surface area contributed by atoms with Crippen molar-refractivity contribution in [3.8, 4) is 0 Å². The molecule has 0 bridgehead atoms. The van der Waals surface area contributed by atoms with Crippen LogP contribution in [0.15, 0.2) is 11.0 Å². The number of fused-ring (bicyclic) bond motifs is 1. The van der Waals surface area contributed by atoms with Crippen molar-refractivity contribution in [1.82, 2.24) is 4.98 Å². The van der Waals surface area contributed by atoms with Crippen molar-refractivity contribution in [3.05, 3.63) is 21.7 Å². The zero-order chi connectivity index (χ0) is 26.8. The Morgan fingerprint density at radius 2 is 1.94 bits per heavy atom. The molecular weight excluding hydrogens is 478 g/mol. The first-order chi connectivity index (χ1) is 16.8. The summed E-state index contributed by atoms with van der Waals surface area (Å²) in [7, 11) is 0. The summed E-state index contributed by atoms with van der Waals surface area (Å²) in [6.45, 7) is 13.0. The number of aromatic nitrogens is 1. The molecule has 202 valence electrons. The number of aryl methyl sites for hydroxylation is 1. The van der Waals surface area contributed by atoms with E-state index in [9.17, 15) is 19.8 Å². The molecule has 0 aliphatic carbocycles. The molecule has 2 saturated heterocycles. The van der Waals surface area contributed by atoms with E-state index in [0.717, 1.165) is 42.0 Å². The van der Waals surface area contributed by atoms with E-state index in [0.29, 0.717) is 6.42 Å². The van der Waals surface area contributed by atoms with E-state index in [1.807, 2.05) is 25.3 Å². The summed E-state index contributed by atoms with van der Waals surface area (Å²) in [6.07, 6.45) is 2.87. The molecule has 8 heteroatoms. The number of cyclic esters (lactones) is 1. The average molecular weight is 522 g/mol. The Labute approximate surface area is 219 Å². The number of esters is 1. The first-order valence-corrected chi connectivity index (χ1v) is 14.1. The molecule has 2 aliphatic rings. The molecule has 3 heterocycles. The van der Waals surface area contributed by atoms with Crippen LogP contribution < -0.4 is 0 Å². The second-order valence-corrected chi connectivity index (χ2v) is 12.4. The normalized spacial score (nSPS) is 36.8. The Bertz CT molecular complexity index is 971. The predicted octanol–water partition coefficient (Wildman–Crippen LogP) is 4.73. The van der Waals surface area contributed by atoms with Crippen LogP contribution in [0.1, 0.15) is 91.3 Å². The number of nitrogens with zero attached hydrogens (tertiary/aromatic N) is 1. The van der Waals surface area contributed by atoms with Gasteiger partial charge in [-0.1, -0.05) is 41.0 Å². The van der Waals surface area contributed by atoms with Gasteiger partial charge in [-0.3, -0.25) is 9.59 Å². The number of rotatable bonds is 3. The third kappa shape index (κ3) is 6.63. The zero-order valence-electron chi connectivity index (χ0n) is 22.7. The van der Waals surface area contributed by atoms with E-state index in [-0.39, 0.29) is 29.8 Å². The van der Waals surface area contributed by atoms with Crippen LogP contribution >= 0.6 is 11.3 Å². The third-order valence-electron chi connectivity index (χ3n) is 8.16. The van der Waals surface area contributed by atoms with Crippen LogP contribution in [0.4, 0.5) is 0 Å².